The van der Waals surface area contributed by atoms with Gasteiger partial charge in [0.05, 0.1) is 0 Å². The molecule has 0 saturated heterocycles. The maximum atomic E-state index is 11.3. The van der Waals surface area contributed by atoms with Crippen LogP contribution in [0.5, 0.6) is 0 Å². The van der Waals surface area contributed by atoms with E-state index in [1.807, 2.05) is 0 Å². The normalized spacial score (nSPS) is 9.00. The second-order valence-electron chi connectivity index (χ2n) is 2.24. The van der Waals surface area contributed by atoms with Crippen LogP contribution in [0, 0.1) is 6.92 Å². The Balaban J connectivity index is 2.53. The van der Waals surface area contributed by atoms with Crippen molar-refractivity contribution in [3.8, 4) is 0 Å². The first-order chi connectivity index (χ1) is 6.24. The molecule has 1 amide bonds. The highest BCUT2D eigenvalue weighted by Crippen LogP contribution is 2.06. The highest BCUT2D eigenvalue weighted by atomic mass is 32.1. The third-order valence-corrected chi connectivity index (χ3v) is 2.07. The standard InChI is InChI=1S/C8H9N3OS/c1-3-4-5-9-7(12)8-11-10-6(2)13-8/h4H,1,5H2,2H3,(H,9,12). The molecule has 68 valence electrons. The summed E-state index contributed by atoms with van der Waals surface area (Å²) in [7, 11) is 0. The van der Waals surface area contributed by atoms with Gasteiger partial charge in [-0.05, 0) is 13.0 Å². The molecule has 4 nitrogen and oxygen atoms in total. The molecule has 0 spiro atoms. The van der Waals surface area contributed by atoms with Gasteiger partial charge < -0.3 is 5.32 Å². The van der Waals surface area contributed by atoms with Gasteiger partial charge in [0.25, 0.3) is 5.91 Å². The van der Waals surface area contributed by atoms with Gasteiger partial charge in [0, 0.05) is 6.54 Å². The van der Waals surface area contributed by atoms with Crippen LogP contribution in [0.4, 0.5) is 0 Å². The fourth-order valence-corrected chi connectivity index (χ4v) is 1.29. The predicted molar refractivity (Wildman–Crippen MR) is 50.7 cm³/mol. The van der Waals surface area contributed by atoms with Crippen LogP contribution < -0.4 is 5.32 Å². The van der Waals surface area contributed by atoms with Crippen LogP contribution in [0.15, 0.2) is 18.4 Å². The maximum absolute atomic E-state index is 11.3. The smallest absolute Gasteiger partial charge is 0.282 e. The van der Waals surface area contributed by atoms with Gasteiger partial charge >= 0.3 is 0 Å². The number of rotatable bonds is 3. The van der Waals surface area contributed by atoms with Gasteiger partial charge in [-0.25, -0.2) is 0 Å². The van der Waals surface area contributed by atoms with Crippen molar-refractivity contribution in [2.45, 2.75) is 6.92 Å². The van der Waals surface area contributed by atoms with Crippen LogP contribution in [-0.4, -0.2) is 22.6 Å². The zero-order valence-corrected chi connectivity index (χ0v) is 8.02. The molecule has 1 N–H and O–H groups in total. The van der Waals surface area contributed by atoms with Crippen molar-refractivity contribution < 1.29 is 4.79 Å². The van der Waals surface area contributed by atoms with Crippen LogP contribution in [0.3, 0.4) is 0 Å². The third kappa shape index (κ3) is 2.82. The van der Waals surface area contributed by atoms with Crippen molar-refractivity contribution in [2.75, 3.05) is 6.54 Å². The number of amides is 1. The van der Waals surface area contributed by atoms with Crippen LogP contribution in [0.2, 0.25) is 0 Å². The summed E-state index contributed by atoms with van der Waals surface area (Å²) in [6, 6.07) is 0. The summed E-state index contributed by atoms with van der Waals surface area (Å²) in [5, 5.41) is 11.2. The fourth-order valence-electron chi connectivity index (χ4n) is 0.680. The molecule has 0 aromatic carbocycles. The molecule has 13 heavy (non-hydrogen) atoms. The fraction of sp³-hybridized carbons (Fsp3) is 0.250. The number of aryl methyl sites for hydroxylation is 1. The van der Waals surface area contributed by atoms with Crippen molar-refractivity contribution in [3.05, 3.63) is 28.4 Å². The van der Waals surface area contributed by atoms with E-state index in [0.717, 1.165) is 5.01 Å². The van der Waals surface area contributed by atoms with Gasteiger partial charge in [-0.15, -0.1) is 15.9 Å². The van der Waals surface area contributed by atoms with E-state index in [0.29, 0.717) is 11.6 Å². The predicted octanol–water partition coefficient (Wildman–Crippen LogP) is 0.917. The average Bonchev–Trinajstić information content (AvgIpc) is 2.52. The van der Waals surface area contributed by atoms with Crippen molar-refractivity contribution in [2.24, 2.45) is 0 Å². The Kier molecular flexibility index (Phi) is 3.37. The van der Waals surface area contributed by atoms with Crippen LogP contribution in [0.25, 0.3) is 0 Å². The second kappa shape index (κ2) is 4.54. The monoisotopic (exact) mass is 195 g/mol. The molecule has 1 rings (SSSR count). The Bertz CT molecular complexity index is 352. The Labute approximate surface area is 80.0 Å². The molecule has 1 aromatic heterocycles. The van der Waals surface area contributed by atoms with Crippen molar-refractivity contribution in [1.82, 2.24) is 15.5 Å². The second-order valence-corrected chi connectivity index (χ2v) is 3.43. The minimum Gasteiger partial charge on any atom is -0.346 e. The lowest BCUT2D eigenvalue weighted by molar-refractivity contribution is 0.0957. The lowest BCUT2D eigenvalue weighted by Gasteiger charge is -1.94. The number of nitrogens with zero attached hydrogens (tertiary/aromatic N) is 2. The summed E-state index contributed by atoms with van der Waals surface area (Å²) in [4.78, 5) is 11.3. The number of hydrogen-bond donors (Lipinski definition) is 1. The third-order valence-electron chi connectivity index (χ3n) is 1.23. The van der Waals surface area contributed by atoms with Gasteiger partial charge in [0.1, 0.15) is 5.01 Å². The topological polar surface area (TPSA) is 54.9 Å². The van der Waals surface area contributed by atoms with Crippen LogP contribution >= 0.6 is 11.3 Å². The van der Waals surface area contributed by atoms with Gasteiger partial charge in [-0.1, -0.05) is 17.9 Å². The van der Waals surface area contributed by atoms with Crippen LogP contribution in [-0.2, 0) is 0 Å². The van der Waals surface area contributed by atoms with Crippen LogP contribution in [0.1, 0.15) is 14.8 Å². The summed E-state index contributed by atoms with van der Waals surface area (Å²) < 4.78 is 0. The summed E-state index contributed by atoms with van der Waals surface area (Å²) >= 11 is 1.27. The summed E-state index contributed by atoms with van der Waals surface area (Å²) in [5.41, 5.74) is 2.56. The summed E-state index contributed by atoms with van der Waals surface area (Å²) in [6.07, 6.45) is 1.63. The molecule has 0 bridgehead atoms. The Morgan fingerprint density at radius 2 is 2.54 bits per heavy atom. The first-order valence-corrected chi connectivity index (χ1v) is 4.48. The lowest BCUT2D eigenvalue weighted by Crippen LogP contribution is -2.22. The molecule has 0 aliphatic carbocycles. The first-order valence-electron chi connectivity index (χ1n) is 3.66. The van der Waals surface area contributed by atoms with Gasteiger partial charge in [-0.2, -0.15) is 0 Å². The molecule has 0 aliphatic rings. The minimum absolute atomic E-state index is 0.211. The van der Waals surface area contributed by atoms with E-state index in [4.69, 9.17) is 0 Å². The number of hydrogen-bond acceptors (Lipinski definition) is 4. The van der Waals surface area contributed by atoms with Gasteiger partial charge in [0.15, 0.2) is 0 Å². The molecule has 0 atom stereocenters. The molecular weight excluding hydrogens is 186 g/mol. The number of carbonyl (C=O) groups is 1. The highest BCUT2D eigenvalue weighted by Gasteiger charge is 2.08. The highest BCUT2D eigenvalue weighted by molar-refractivity contribution is 7.13. The van der Waals surface area contributed by atoms with Crippen molar-refractivity contribution in [1.29, 1.82) is 0 Å². The number of aromatic nitrogens is 2. The van der Waals surface area contributed by atoms with Gasteiger partial charge in [0.2, 0.25) is 5.01 Å². The van der Waals surface area contributed by atoms with E-state index in [9.17, 15) is 4.79 Å². The first kappa shape index (κ1) is 9.64. The number of carbonyl (C=O) groups excluding carboxylic acids is 1. The SMILES string of the molecule is C=C=CCNC(=O)c1nnc(C)s1. The Morgan fingerprint density at radius 3 is 3.08 bits per heavy atom. The van der Waals surface area contributed by atoms with Gasteiger partial charge in [-0.3, -0.25) is 4.79 Å². The van der Waals surface area contributed by atoms with E-state index in [-0.39, 0.29) is 5.91 Å². The molecule has 0 radical (unpaired) electrons. The quantitative estimate of drug-likeness (QED) is 0.729. The lowest BCUT2D eigenvalue weighted by atomic mass is 10.5. The zero-order valence-electron chi connectivity index (χ0n) is 7.20. The van der Waals surface area contributed by atoms with E-state index in [1.165, 1.54) is 11.3 Å². The Hall–Kier alpha value is -1.45. The molecule has 0 fully saturated rings. The van der Waals surface area contributed by atoms with E-state index in [2.05, 4.69) is 27.8 Å². The Morgan fingerprint density at radius 1 is 1.77 bits per heavy atom. The number of nitrogens with one attached hydrogen (secondary N) is 1. The average molecular weight is 195 g/mol. The van der Waals surface area contributed by atoms with E-state index < -0.39 is 0 Å². The van der Waals surface area contributed by atoms with Crippen molar-refractivity contribution in [3.63, 3.8) is 0 Å². The zero-order chi connectivity index (χ0) is 9.68. The molecule has 0 unspecified atom stereocenters. The largest absolute Gasteiger partial charge is 0.346 e. The molecule has 5 heteroatoms. The molecule has 0 aliphatic heterocycles. The molecule has 0 saturated carbocycles. The summed E-state index contributed by atoms with van der Waals surface area (Å²) in [5.74, 6) is -0.211. The summed E-state index contributed by atoms with van der Waals surface area (Å²) in [6.45, 7) is 5.60. The molecule has 1 aromatic rings. The van der Waals surface area contributed by atoms with E-state index >= 15 is 0 Å². The van der Waals surface area contributed by atoms with Crippen molar-refractivity contribution >= 4 is 17.2 Å². The minimum atomic E-state index is -0.211. The maximum Gasteiger partial charge on any atom is 0.282 e. The molecular formula is C8H9N3OS. The molecule has 1 heterocycles. The van der Waals surface area contributed by atoms with E-state index in [1.54, 1.807) is 13.0 Å².